The number of hydrogen-bond donors (Lipinski definition) is 1. The molecule has 1 unspecified atom stereocenters. The van der Waals surface area contributed by atoms with Crippen LogP contribution >= 0.6 is 0 Å². The third kappa shape index (κ3) is 3.58. The fourth-order valence-electron chi connectivity index (χ4n) is 2.98. The highest BCUT2D eigenvalue weighted by molar-refractivity contribution is 5.30. The Morgan fingerprint density at radius 2 is 2.00 bits per heavy atom. The van der Waals surface area contributed by atoms with Gasteiger partial charge in [-0.05, 0) is 30.4 Å². The van der Waals surface area contributed by atoms with Gasteiger partial charge >= 0.3 is 0 Å². The molecule has 1 fully saturated rings. The lowest BCUT2D eigenvalue weighted by molar-refractivity contribution is 0.0687. The molecule has 1 aliphatic heterocycles. The number of rotatable bonds is 2. The van der Waals surface area contributed by atoms with Gasteiger partial charge < -0.3 is 5.32 Å². The van der Waals surface area contributed by atoms with Gasteiger partial charge in [0, 0.05) is 32.2 Å². The summed E-state index contributed by atoms with van der Waals surface area (Å²) in [5.41, 5.74) is 4.58. The second-order valence-corrected chi connectivity index (χ2v) is 6.99. The third-order valence-electron chi connectivity index (χ3n) is 4.23. The van der Waals surface area contributed by atoms with Gasteiger partial charge in [-0.25, -0.2) is 0 Å². The molecule has 2 rings (SSSR count). The minimum atomic E-state index is 0.325. The van der Waals surface area contributed by atoms with Gasteiger partial charge in [-0.1, -0.05) is 44.5 Å². The molecular weight excluding hydrogens is 232 g/mol. The first-order valence-corrected chi connectivity index (χ1v) is 7.39. The molecule has 1 aromatic carbocycles. The lowest BCUT2D eigenvalue weighted by Crippen LogP contribution is -2.56. The fourth-order valence-corrected chi connectivity index (χ4v) is 2.98. The van der Waals surface area contributed by atoms with Crippen molar-refractivity contribution < 1.29 is 0 Å². The number of piperazine rings is 1. The molecule has 0 amide bonds. The number of nitrogens with zero attached hydrogens (tertiary/aromatic N) is 1. The molecular formula is C17H28N2. The number of hydrogen-bond acceptors (Lipinski definition) is 2. The van der Waals surface area contributed by atoms with Crippen molar-refractivity contribution in [1.29, 1.82) is 0 Å². The summed E-state index contributed by atoms with van der Waals surface area (Å²) in [5, 5.41) is 3.54. The van der Waals surface area contributed by atoms with Crippen LogP contribution in [-0.4, -0.2) is 30.6 Å². The molecule has 0 saturated carbocycles. The molecule has 1 atom stereocenters. The number of aryl methyl sites for hydroxylation is 2. The summed E-state index contributed by atoms with van der Waals surface area (Å²) < 4.78 is 0. The van der Waals surface area contributed by atoms with E-state index in [1.165, 1.54) is 16.7 Å². The van der Waals surface area contributed by atoms with Crippen LogP contribution < -0.4 is 5.32 Å². The first-order valence-electron chi connectivity index (χ1n) is 7.39. The fraction of sp³-hybridized carbons (Fsp3) is 0.647. The molecule has 106 valence electrons. The zero-order valence-electron chi connectivity index (χ0n) is 13.1. The molecule has 1 saturated heterocycles. The van der Waals surface area contributed by atoms with Crippen molar-refractivity contribution in [2.24, 2.45) is 5.41 Å². The predicted molar refractivity (Wildman–Crippen MR) is 82.4 cm³/mol. The Bertz CT molecular complexity index is 431. The average Bonchev–Trinajstić information content (AvgIpc) is 2.33. The maximum absolute atomic E-state index is 3.54. The van der Waals surface area contributed by atoms with Crippen molar-refractivity contribution in [3.63, 3.8) is 0 Å². The Morgan fingerprint density at radius 3 is 2.68 bits per heavy atom. The summed E-state index contributed by atoms with van der Waals surface area (Å²) in [6, 6.07) is 7.41. The molecule has 2 heteroatoms. The zero-order valence-corrected chi connectivity index (χ0v) is 13.1. The largest absolute Gasteiger partial charge is 0.314 e. The highest BCUT2D eigenvalue weighted by atomic mass is 15.2. The molecule has 0 radical (unpaired) electrons. The topological polar surface area (TPSA) is 15.3 Å². The average molecular weight is 260 g/mol. The number of nitrogens with one attached hydrogen (secondary N) is 1. The first-order chi connectivity index (χ1) is 8.88. The lowest BCUT2D eigenvalue weighted by Gasteiger charge is -2.44. The molecule has 0 spiro atoms. The van der Waals surface area contributed by atoms with Crippen molar-refractivity contribution in [3.05, 3.63) is 34.9 Å². The highest BCUT2D eigenvalue weighted by Gasteiger charge is 2.32. The van der Waals surface area contributed by atoms with Crippen LogP contribution in [0.1, 0.15) is 37.5 Å². The molecule has 1 heterocycles. The van der Waals surface area contributed by atoms with E-state index in [1.807, 2.05) is 0 Å². The molecule has 19 heavy (non-hydrogen) atoms. The van der Waals surface area contributed by atoms with Crippen LogP contribution in [0.3, 0.4) is 0 Å². The molecule has 1 aliphatic rings. The molecule has 0 aromatic heterocycles. The Labute approximate surface area is 118 Å². The van der Waals surface area contributed by atoms with Crippen LogP contribution in [0.15, 0.2) is 18.2 Å². The molecule has 0 aliphatic carbocycles. The molecule has 2 nitrogen and oxygen atoms in total. The van der Waals surface area contributed by atoms with Gasteiger partial charge in [-0.15, -0.1) is 0 Å². The van der Waals surface area contributed by atoms with Gasteiger partial charge in [0.2, 0.25) is 0 Å². The Hall–Kier alpha value is -0.860. The van der Waals surface area contributed by atoms with E-state index >= 15 is 0 Å². The van der Waals surface area contributed by atoms with Crippen LogP contribution in [0.4, 0.5) is 0 Å². The van der Waals surface area contributed by atoms with Crippen molar-refractivity contribution in [3.8, 4) is 0 Å². The summed E-state index contributed by atoms with van der Waals surface area (Å²) in [6.07, 6.45) is 0. The van der Waals surface area contributed by atoms with Crippen LogP contribution in [0.5, 0.6) is 0 Å². The monoisotopic (exact) mass is 260 g/mol. The lowest BCUT2D eigenvalue weighted by atomic mass is 9.84. The first kappa shape index (κ1) is 14.5. The maximum atomic E-state index is 3.54. The Morgan fingerprint density at radius 1 is 1.26 bits per heavy atom. The minimum absolute atomic E-state index is 0.325. The molecule has 1 N–H and O–H groups in total. The Balaban J connectivity index is 2.17. The third-order valence-corrected chi connectivity index (χ3v) is 4.23. The van der Waals surface area contributed by atoms with Crippen LogP contribution in [0.25, 0.3) is 0 Å². The quantitative estimate of drug-likeness (QED) is 0.879. The molecule has 0 bridgehead atoms. The van der Waals surface area contributed by atoms with E-state index < -0.39 is 0 Å². The van der Waals surface area contributed by atoms with Crippen molar-refractivity contribution in [2.75, 3.05) is 19.6 Å². The molecule has 1 aromatic rings. The summed E-state index contributed by atoms with van der Waals surface area (Å²) in [7, 11) is 0. The van der Waals surface area contributed by atoms with E-state index in [1.54, 1.807) is 0 Å². The van der Waals surface area contributed by atoms with Gasteiger partial charge in [0.25, 0.3) is 0 Å². The van der Waals surface area contributed by atoms with E-state index in [0.717, 1.165) is 26.2 Å². The normalized spacial score (nSPS) is 21.6. The van der Waals surface area contributed by atoms with Gasteiger partial charge in [0.15, 0.2) is 0 Å². The standard InChI is InChI=1S/C17H28N2/c1-13-6-7-14(2)15(10-13)12-19-9-8-18-11-16(19)17(3,4)5/h6-7,10,16,18H,8-9,11-12H2,1-5H3. The van der Waals surface area contributed by atoms with Crippen molar-refractivity contribution >= 4 is 0 Å². The van der Waals surface area contributed by atoms with Crippen molar-refractivity contribution in [1.82, 2.24) is 10.2 Å². The maximum Gasteiger partial charge on any atom is 0.0273 e. The predicted octanol–water partition coefficient (Wildman–Crippen LogP) is 3.12. The van der Waals surface area contributed by atoms with Gasteiger partial charge in [-0.2, -0.15) is 0 Å². The summed E-state index contributed by atoms with van der Waals surface area (Å²) in [4.78, 5) is 2.65. The smallest absolute Gasteiger partial charge is 0.0273 e. The van der Waals surface area contributed by atoms with Crippen LogP contribution in [-0.2, 0) is 6.54 Å². The van der Waals surface area contributed by atoms with E-state index in [0.29, 0.717) is 11.5 Å². The number of benzene rings is 1. The van der Waals surface area contributed by atoms with Crippen LogP contribution in [0.2, 0.25) is 0 Å². The minimum Gasteiger partial charge on any atom is -0.314 e. The summed E-state index contributed by atoms with van der Waals surface area (Å²) >= 11 is 0. The second-order valence-electron chi connectivity index (χ2n) is 6.99. The van der Waals surface area contributed by atoms with E-state index in [9.17, 15) is 0 Å². The second kappa shape index (κ2) is 5.64. The zero-order chi connectivity index (χ0) is 14.0. The van der Waals surface area contributed by atoms with Crippen molar-refractivity contribution in [2.45, 2.75) is 47.2 Å². The van der Waals surface area contributed by atoms with Gasteiger partial charge in [0.05, 0.1) is 0 Å². The van der Waals surface area contributed by atoms with E-state index in [4.69, 9.17) is 0 Å². The van der Waals surface area contributed by atoms with E-state index in [2.05, 4.69) is 63.0 Å². The van der Waals surface area contributed by atoms with Gasteiger partial charge in [0.1, 0.15) is 0 Å². The van der Waals surface area contributed by atoms with E-state index in [-0.39, 0.29) is 0 Å². The highest BCUT2D eigenvalue weighted by Crippen LogP contribution is 2.27. The van der Waals surface area contributed by atoms with Crippen LogP contribution in [0, 0.1) is 19.3 Å². The SMILES string of the molecule is Cc1ccc(C)c(CN2CCNCC2C(C)(C)C)c1. The summed E-state index contributed by atoms with van der Waals surface area (Å²) in [6.45, 7) is 15.9. The van der Waals surface area contributed by atoms with Gasteiger partial charge in [-0.3, -0.25) is 4.90 Å². The Kier molecular flexibility index (Phi) is 4.32. The summed E-state index contributed by atoms with van der Waals surface area (Å²) in [5.74, 6) is 0.